The van der Waals surface area contributed by atoms with E-state index in [4.69, 9.17) is 23.9 Å². The maximum absolute atomic E-state index is 5.62. The molecule has 0 radical (unpaired) electrons. The van der Waals surface area contributed by atoms with Gasteiger partial charge in [-0.3, -0.25) is 4.90 Å². The fourth-order valence-corrected chi connectivity index (χ4v) is 4.70. The zero-order valence-electron chi connectivity index (χ0n) is 18.4. The summed E-state index contributed by atoms with van der Waals surface area (Å²) in [6.45, 7) is 5.25. The molecule has 2 aromatic carbocycles. The Hall–Kier alpha value is -2.77. The van der Waals surface area contributed by atoms with E-state index >= 15 is 0 Å². The zero-order valence-corrected chi connectivity index (χ0v) is 19.3. The van der Waals surface area contributed by atoms with E-state index in [0.717, 1.165) is 65.3 Å². The summed E-state index contributed by atoms with van der Waals surface area (Å²) in [5.41, 5.74) is 4.74. The Kier molecular flexibility index (Phi) is 6.63. The van der Waals surface area contributed by atoms with Crippen LogP contribution in [-0.2, 0) is 19.5 Å². The van der Waals surface area contributed by atoms with Crippen molar-refractivity contribution in [3.05, 3.63) is 52.5 Å². The summed E-state index contributed by atoms with van der Waals surface area (Å²) in [6, 6.07) is 10.2. The molecule has 7 heteroatoms. The minimum Gasteiger partial charge on any atom is -0.493 e. The Morgan fingerprint density at radius 1 is 0.935 bits per heavy atom. The van der Waals surface area contributed by atoms with Crippen molar-refractivity contribution in [2.45, 2.75) is 26.4 Å². The monoisotopic (exact) mass is 440 g/mol. The van der Waals surface area contributed by atoms with Gasteiger partial charge < -0.3 is 18.9 Å². The summed E-state index contributed by atoms with van der Waals surface area (Å²) < 4.78 is 22.0. The van der Waals surface area contributed by atoms with Crippen molar-refractivity contribution in [2.75, 3.05) is 34.5 Å². The van der Waals surface area contributed by atoms with Crippen LogP contribution in [0.5, 0.6) is 23.0 Å². The van der Waals surface area contributed by atoms with E-state index in [-0.39, 0.29) is 0 Å². The smallest absolute Gasteiger partial charge is 0.161 e. The molecule has 0 spiro atoms. The van der Waals surface area contributed by atoms with Crippen molar-refractivity contribution in [2.24, 2.45) is 0 Å². The molecular formula is C24H28N2O4S. The number of aromatic nitrogens is 1. The Morgan fingerprint density at radius 2 is 1.65 bits per heavy atom. The normalized spacial score (nSPS) is 13.5. The molecule has 0 saturated heterocycles. The molecule has 0 N–H and O–H groups in total. The van der Waals surface area contributed by atoms with Gasteiger partial charge in [-0.05, 0) is 54.8 Å². The maximum Gasteiger partial charge on any atom is 0.161 e. The molecule has 0 unspecified atom stereocenters. The number of nitrogens with zero attached hydrogens (tertiary/aromatic N) is 2. The fraction of sp³-hybridized carbons (Fsp3) is 0.375. The molecule has 1 aliphatic rings. The minimum atomic E-state index is 0.606. The van der Waals surface area contributed by atoms with Gasteiger partial charge in [0, 0.05) is 30.6 Å². The number of hydrogen-bond donors (Lipinski definition) is 0. The van der Waals surface area contributed by atoms with Crippen molar-refractivity contribution < 1.29 is 18.9 Å². The van der Waals surface area contributed by atoms with E-state index < -0.39 is 0 Å². The Bertz CT molecular complexity index is 1050. The summed E-state index contributed by atoms with van der Waals surface area (Å²) >= 11 is 1.66. The Labute approximate surface area is 187 Å². The maximum atomic E-state index is 5.62. The third kappa shape index (κ3) is 4.62. The van der Waals surface area contributed by atoms with Gasteiger partial charge in [0.2, 0.25) is 0 Å². The van der Waals surface area contributed by atoms with Gasteiger partial charge in [0.05, 0.1) is 33.6 Å². The number of methoxy groups -OCH3 is 3. The fourth-order valence-electron chi connectivity index (χ4n) is 3.89. The molecule has 0 aliphatic carbocycles. The molecule has 6 nitrogen and oxygen atoms in total. The van der Waals surface area contributed by atoms with Crippen molar-refractivity contribution in [1.82, 2.24) is 9.88 Å². The summed E-state index contributed by atoms with van der Waals surface area (Å²) in [6.07, 6.45) is 0.989. The van der Waals surface area contributed by atoms with E-state index in [1.54, 1.807) is 32.7 Å². The molecule has 0 fully saturated rings. The zero-order chi connectivity index (χ0) is 21.8. The standard InChI is InChI=1S/C24H28N2O4S/c1-5-30-20-7-6-17(11-21(20)27-2)24-25-19(15-31-24)14-26-9-8-16-10-22(28-3)23(29-4)12-18(16)13-26/h6-7,10-12,15H,5,8-9,13-14H2,1-4H3. The second kappa shape index (κ2) is 9.58. The highest BCUT2D eigenvalue weighted by Crippen LogP contribution is 2.35. The van der Waals surface area contributed by atoms with Gasteiger partial charge in [-0.1, -0.05) is 0 Å². The molecule has 0 saturated carbocycles. The molecule has 1 aliphatic heterocycles. The molecular weight excluding hydrogens is 412 g/mol. The molecule has 0 atom stereocenters. The summed E-state index contributed by atoms with van der Waals surface area (Å²) in [5, 5.41) is 3.13. The van der Waals surface area contributed by atoms with Gasteiger partial charge in [0.15, 0.2) is 23.0 Å². The topological polar surface area (TPSA) is 53.1 Å². The van der Waals surface area contributed by atoms with Crippen molar-refractivity contribution in [3.63, 3.8) is 0 Å². The molecule has 164 valence electrons. The van der Waals surface area contributed by atoms with Gasteiger partial charge in [0.1, 0.15) is 5.01 Å². The quantitative estimate of drug-likeness (QED) is 0.502. The highest BCUT2D eigenvalue weighted by Gasteiger charge is 2.20. The van der Waals surface area contributed by atoms with Crippen LogP contribution in [0.1, 0.15) is 23.7 Å². The average Bonchev–Trinajstić information content (AvgIpc) is 3.27. The number of hydrogen-bond acceptors (Lipinski definition) is 7. The van der Waals surface area contributed by atoms with Gasteiger partial charge in [-0.15, -0.1) is 11.3 Å². The first-order chi connectivity index (χ1) is 15.1. The van der Waals surface area contributed by atoms with E-state index in [1.165, 1.54) is 11.1 Å². The van der Waals surface area contributed by atoms with Crippen LogP contribution in [0.2, 0.25) is 0 Å². The average molecular weight is 441 g/mol. The lowest BCUT2D eigenvalue weighted by molar-refractivity contribution is 0.242. The van der Waals surface area contributed by atoms with E-state index in [9.17, 15) is 0 Å². The minimum absolute atomic E-state index is 0.606. The third-order valence-corrected chi connectivity index (χ3v) is 6.39. The first kappa shape index (κ1) is 21.5. The lowest BCUT2D eigenvalue weighted by Gasteiger charge is -2.29. The molecule has 3 aromatic rings. The van der Waals surface area contributed by atoms with Crippen LogP contribution in [0.4, 0.5) is 0 Å². The number of fused-ring (bicyclic) bond motifs is 1. The van der Waals surface area contributed by atoms with Crippen LogP contribution in [0.15, 0.2) is 35.7 Å². The van der Waals surface area contributed by atoms with Gasteiger partial charge >= 0.3 is 0 Å². The molecule has 0 bridgehead atoms. The van der Waals surface area contributed by atoms with Crippen LogP contribution >= 0.6 is 11.3 Å². The molecule has 1 aromatic heterocycles. The van der Waals surface area contributed by atoms with E-state index in [0.29, 0.717) is 6.61 Å². The molecule has 2 heterocycles. The largest absolute Gasteiger partial charge is 0.493 e. The number of ether oxygens (including phenoxy) is 4. The van der Waals surface area contributed by atoms with Crippen LogP contribution < -0.4 is 18.9 Å². The summed E-state index contributed by atoms with van der Waals surface area (Å²) in [4.78, 5) is 7.30. The highest BCUT2D eigenvalue weighted by molar-refractivity contribution is 7.13. The van der Waals surface area contributed by atoms with Crippen molar-refractivity contribution in [3.8, 4) is 33.6 Å². The number of thiazole rings is 1. The predicted molar refractivity (Wildman–Crippen MR) is 123 cm³/mol. The summed E-state index contributed by atoms with van der Waals surface area (Å²) in [5.74, 6) is 3.06. The lowest BCUT2D eigenvalue weighted by Crippen LogP contribution is -2.30. The molecule has 31 heavy (non-hydrogen) atoms. The van der Waals surface area contributed by atoms with Crippen molar-refractivity contribution >= 4 is 11.3 Å². The highest BCUT2D eigenvalue weighted by atomic mass is 32.1. The Morgan fingerprint density at radius 3 is 2.35 bits per heavy atom. The van der Waals surface area contributed by atoms with E-state index in [2.05, 4.69) is 22.4 Å². The van der Waals surface area contributed by atoms with Gasteiger partial charge in [-0.2, -0.15) is 0 Å². The lowest BCUT2D eigenvalue weighted by atomic mass is 9.98. The molecule has 4 rings (SSSR count). The number of benzene rings is 2. The third-order valence-electron chi connectivity index (χ3n) is 5.44. The number of rotatable bonds is 8. The van der Waals surface area contributed by atoms with Crippen LogP contribution in [0.25, 0.3) is 10.6 Å². The van der Waals surface area contributed by atoms with E-state index in [1.807, 2.05) is 25.1 Å². The SMILES string of the molecule is CCOc1ccc(-c2nc(CN3CCc4cc(OC)c(OC)cc4C3)cs2)cc1OC. The first-order valence-electron chi connectivity index (χ1n) is 10.4. The first-order valence-corrected chi connectivity index (χ1v) is 11.2. The van der Waals surface area contributed by atoms with Crippen LogP contribution in [0, 0.1) is 0 Å². The second-order valence-electron chi connectivity index (χ2n) is 7.38. The second-order valence-corrected chi connectivity index (χ2v) is 8.24. The van der Waals surface area contributed by atoms with Gasteiger partial charge in [-0.25, -0.2) is 4.98 Å². The van der Waals surface area contributed by atoms with Crippen LogP contribution in [0.3, 0.4) is 0 Å². The van der Waals surface area contributed by atoms with Gasteiger partial charge in [0.25, 0.3) is 0 Å². The Balaban J connectivity index is 1.48. The molecule has 0 amide bonds. The summed E-state index contributed by atoms with van der Waals surface area (Å²) in [7, 11) is 5.02. The predicted octanol–water partition coefficient (Wildman–Crippen LogP) is 4.79. The van der Waals surface area contributed by atoms with Crippen LogP contribution in [-0.4, -0.2) is 44.4 Å². The van der Waals surface area contributed by atoms with Crippen molar-refractivity contribution in [1.29, 1.82) is 0 Å².